The van der Waals surface area contributed by atoms with Crippen LogP contribution in [-0.4, -0.2) is 69.6 Å². The summed E-state index contributed by atoms with van der Waals surface area (Å²) in [7, 11) is 0. The zero-order valence-electron chi connectivity index (χ0n) is 19.5. The largest absolute Gasteiger partial charge is 0.380 e. The number of benzene rings is 1. The molecular formula is C26H29N7O. The predicted molar refractivity (Wildman–Crippen MR) is 128 cm³/mol. The first-order valence-corrected chi connectivity index (χ1v) is 12.4. The van der Waals surface area contributed by atoms with E-state index in [0.29, 0.717) is 12.1 Å². The van der Waals surface area contributed by atoms with Crippen molar-refractivity contribution >= 4 is 16.7 Å². The van der Waals surface area contributed by atoms with Crippen LogP contribution in [0.15, 0.2) is 36.8 Å². The molecule has 174 valence electrons. The summed E-state index contributed by atoms with van der Waals surface area (Å²) in [6, 6.07) is 12.0. The maximum atomic E-state index is 9.98. The third kappa shape index (κ3) is 2.93. The van der Waals surface area contributed by atoms with Gasteiger partial charge < -0.3 is 9.64 Å². The molecule has 0 bridgehead atoms. The molecule has 2 saturated carbocycles. The molecule has 3 aromatic rings. The molecule has 8 nitrogen and oxygen atoms in total. The molecule has 0 N–H and O–H groups in total. The summed E-state index contributed by atoms with van der Waals surface area (Å²) < 4.78 is 7.51. The minimum absolute atomic E-state index is 0.242. The summed E-state index contributed by atoms with van der Waals surface area (Å²) in [5, 5.41) is 15.7. The van der Waals surface area contributed by atoms with E-state index >= 15 is 0 Å². The van der Waals surface area contributed by atoms with Gasteiger partial charge in [-0.05, 0) is 49.7 Å². The minimum atomic E-state index is -0.312. The lowest BCUT2D eigenvalue weighted by Gasteiger charge is -2.43. The molecule has 2 saturated heterocycles. The molecule has 0 unspecified atom stereocenters. The smallest absolute Gasteiger partial charge is 0.159 e. The Labute approximate surface area is 199 Å². The molecule has 0 amide bonds. The molecule has 4 fully saturated rings. The van der Waals surface area contributed by atoms with E-state index in [0.717, 1.165) is 73.8 Å². The molecule has 0 radical (unpaired) electrons. The maximum absolute atomic E-state index is 9.98. The first kappa shape index (κ1) is 20.4. The van der Waals surface area contributed by atoms with Gasteiger partial charge in [-0.2, -0.15) is 10.4 Å². The topological polar surface area (TPSA) is 83.1 Å². The number of ether oxygens (including phenoxy) is 1. The molecule has 4 heterocycles. The van der Waals surface area contributed by atoms with Crippen molar-refractivity contribution in [3.05, 3.63) is 42.4 Å². The number of fused-ring (bicyclic) bond motifs is 1. The Kier molecular flexibility index (Phi) is 4.33. The van der Waals surface area contributed by atoms with Crippen LogP contribution < -0.4 is 4.90 Å². The van der Waals surface area contributed by atoms with E-state index < -0.39 is 0 Å². The van der Waals surface area contributed by atoms with Gasteiger partial charge >= 0.3 is 0 Å². The zero-order chi connectivity index (χ0) is 22.9. The second kappa shape index (κ2) is 7.24. The summed E-state index contributed by atoms with van der Waals surface area (Å²) in [5.74, 6) is 1.70. The normalized spacial score (nSPS) is 30.1. The van der Waals surface area contributed by atoms with Gasteiger partial charge in [0.25, 0.3) is 0 Å². The maximum Gasteiger partial charge on any atom is 0.159 e. The van der Waals surface area contributed by atoms with Crippen LogP contribution in [-0.2, 0) is 10.2 Å². The lowest BCUT2D eigenvalue weighted by Crippen LogP contribution is -2.55. The third-order valence-corrected chi connectivity index (χ3v) is 8.72. The fourth-order valence-electron chi connectivity index (χ4n) is 6.45. The molecular weight excluding hydrogens is 426 g/mol. The molecule has 1 spiro atoms. The fraction of sp³-hybridized carbons (Fsp3) is 0.538. The van der Waals surface area contributed by atoms with Crippen molar-refractivity contribution in [1.82, 2.24) is 24.6 Å². The first-order valence-electron chi connectivity index (χ1n) is 12.4. The van der Waals surface area contributed by atoms with Crippen molar-refractivity contribution in [2.45, 2.75) is 50.1 Å². The van der Waals surface area contributed by atoms with Crippen molar-refractivity contribution in [2.24, 2.45) is 5.41 Å². The van der Waals surface area contributed by atoms with E-state index in [1.54, 1.807) is 6.33 Å². The van der Waals surface area contributed by atoms with Crippen LogP contribution in [0, 0.1) is 16.7 Å². The SMILES string of the molecule is C[C@H]1CN(c2cc(-n3ncc4ccc([C@]5(C#N)CC56CC6)cc43)ncn2)CCN1[C@@H]1CCOC1. The predicted octanol–water partition coefficient (Wildman–Crippen LogP) is 3.06. The van der Waals surface area contributed by atoms with Crippen LogP contribution >= 0.6 is 0 Å². The van der Waals surface area contributed by atoms with Crippen molar-refractivity contribution in [3.8, 4) is 11.9 Å². The minimum Gasteiger partial charge on any atom is -0.380 e. The highest BCUT2D eigenvalue weighted by atomic mass is 16.5. The monoisotopic (exact) mass is 455 g/mol. The lowest BCUT2D eigenvalue weighted by atomic mass is 9.93. The van der Waals surface area contributed by atoms with E-state index in [2.05, 4.69) is 56.1 Å². The first-order chi connectivity index (χ1) is 16.6. The lowest BCUT2D eigenvalue weighted by molar-refractivity contribution is 0.105. The van der Waals surface area contributed by atoms with Crippen LogP contribution in [0.25, 0.3) is 16.7 Å². The molecule has 34 heavy (non-hydrogen) atoms. The van der Waals surface area contributed by atoms with Crippen LogP contribution in [0.2, 0.25) is 0 Å². The molecule has 7 rings (SSSR count). The molecule has 3 atom stereocenters. The second-order valence-corrected chi connectivity index (χ2v) is 10.6. The van der Waals surface area contributed by atoms with Gasteiger partial charge in [-0.1, -0.05) is 12.1 Å². The molecule has 1 aromatic carbocycles. The average Bonchev–Trinajstić information content (AvgIpc) is 3.60. The Bertz CT molecular complexity index is 1300. The highest BCUT2D eigenvalue weighted by Gasteiger charge is 2.75. The van der Waals surface area contributed by atoms with Gasteiger partial charge in [0.05, 0.1) is 29.8 Å². The van der Waals surface area contributed by atoms with Gasteiger partial charge in [0.1, 0.15) is 12.1 Å². The number of hydrogen-bond donors (Lipinski definition) is 0. The van der Waals surface area contributed by atoms with Crippen LogP contribution in [0.3, 0.4) is 0 Å². The van der Waals surface area contributed by atoms with E-state index in [-0.39, 0.29) is 10.8 Å². The van der Waals surface area contributed by atoms with Gasteiger partial charge in [-0.25, -0.2) is 14.6 Å². The third-order valence-electron chi connectivity index (χ3n) is 8.72. The Morgan fingerprint density at radius 3 is 2.76 bits per heavy atom. The Morgan fingerprint density at radius 2 is 2.03 bits per heavy atom. The van der Waals surface area contributed by atoms with Crippen molar-refractivity contribution in [1.29, 1.82) is 5.26 Å². The zero-order valence-corrected chi connectivity index (χ0v) is 19.5. The van der Waals surface area contributed by atoms with Gasteiger partial charge in [-0.15, -0.1) is 0 Å². The number of hydrogen-bond acceptors (Lipinski definition) is 7. The van der Waals surface area contributed by atoms with E-state index in [9.17, 15) is 5.26 Å². The number of aromatic nitrogens is 4. The molecule has 2 aliphatic heterocycles. The Hall–Kier alpha value is -3.02. The summed E-state index contributed by atoms with van der Waals surface area (Å²) in [6.45, 7) is 6.91. The van der Waals surface area contributed by atoms with Crippen molar-refractivity contribution < 1.29 is 4.74 Å². The molecule has 2 aliphatic carbocycles. The van der Waals surface area contributed by atoms with Crippen LogP contribution in [0.1, 0.15) is 38.2 Å². The fourth-order valence-corrected chi connectivity index (χ4v) is 6.45. The van der Waals surface area contributed by atoms with E-state index in [4.69, 9.17) is 4.74 Å². The molecule has 2 aromatic heterocycles. The van der Waals surface area contributed by atoms with Crippen molar-refractivity contribution in [2.75, 3.05) is 37.7 Å². The number of rotatable bonds is 4. The Morgan fingerprint density at radius 1 is 1.15 bits per heavy atom. The van der Waals surface area contributed by atoms with Gasteiger partial charge in [0.15, 0.2) is 5.82 Å². The highest BCUT2D eigenvalue weighted by molar-refractivity contribution is 5.82. The Balaban J connectivity index is 1.17. The summed E-state index contributed by atoms with van der Waals surface area (Å²) in [5.41, 5.74) is 2.05. The standard InChI is InChI=1S/C26H29N7O/c1-18-13-31(7-8-32(18)21-4-9-34-14-21)23-11-24(29-17-28-23)33-22-10-20(3-2-19(22)12-30-33)26(16-27)15-25(26)5-6-25/h2-3,10-12,17-18,21H,4-9,13-15H2,1H3/t18-,21+,26+/m0/s1. The number of anilines is 1. The molecule has 8 heteroatoms. The highest BCUT2D eigenvalue weighted by Crippen LogP contribution is 2.78. The van der Waals surface area contributed by atoms with Gasteiger partial charge in [0.2, 0.25) is 0 Å². The average molecular weight is 456 g/mol. The molecule has 4 aliphatic rings. The summed E-state index contributed by atoms with van der Waals surface area (Å²) in [4.78, 5) is 14.1. The van der Waals surface area contributed by atoms with E-state index in [1.807, 2.05) is 16.9 Å². The van der Waals surface area contributed by atoms with Crippen molar-refractivity contribution in [3.63, 3.8) is 0 Å². The van der Waals surface area contributed by atoms with Gasteiger partial charge in [0, 0.05) is 49.8 Å². The quantitative estimate of drug-likeness (QED) is 0.598. The number of nitrogens with zero attached hydrogens (tertiary/aromatic N) is 7. The van der Waals surface area contributed by atoms with Crippen LogP contribution in [0.5, 0.6) is 0 Å². The van der Waals surface area contributed by atoms with Gasteiger partial charge in [-0.3, -0.25) is 4.90 Å². The second-order valence-electron chi connectivity index (χ2n) is 10.6. The summed E-state index contributed by atoms with van der Waals surface area (Å²) >= 11 is 0. The summed E-state index contributed by atoms with van der Waals surface area (Å²) in [6.07, 6.45) is 7.99. The van der Waals surface area contributed by atoms with Crippen LogP contribution in [0.4, 0.5) is 5.82 Å². The number of piperazine rings is 1. The number of nitriles is 1. The van der Waals surface area contributed by atoms with E-state index in [1.165, 1.54) is 12.8 Å².